The Bertz CT molecular complexity index is 1280. The Morgan fingerprint density at radius 2 is 1.00 bits per heavy atom. The Balaban J connectivity index is 1.19. The van der Waals surface area contributed by atoms with Gasteiger partial charge in [-0.3, -0.25) is 0 Å². The second-order valence-electron chi connectivity index (χ2n) is 10.6. The number of hydrogen-bond acceptors (Lipinski definition) is 0. The fourth-order valence-electron chi connectivity index (χ4n) is 6.45. The van der Waals surface area contributed by atoms with Crippen LogP contribution in [-0.2, 0) is 17.0 Å². The van der Waals surface area contributed by atoms with Gasteiger partial charge in [0.2, 0.25) is 0 Å². The molecule has 0 N–H and O–H groups in total. The molecule has 3 aliphatic rings. The average Bonchev–Trinajstić information content (AvgIpc) is 3.61. The summed E-state index contributed by atoms with van der Waals surface area (Å²) in [6.07, 6.45) is 16.4. The molecule has 0 spiro atoms. The zero-order valence-electron chi connectivity index (χ0n) is 20.5. The SMILES string of the molecule is [Cl][Zr]([Cl])([CH2]CCC1C=Cc2ccccc21)[SiH](CC1C=Cc2ccccc21)CC1C=Cc2ccccc21. The van der Waals surface area contributed by atoms with Crippen LogP contribution in [0.1, 0.15) is 64.0 Å². The van der Waals surface area contributed by atoms with Crippen molar-refractivity contribution in [2.75, 3.05) is 0 Å². The van der Waals surface area contributed by atoms with Crippen molar-refractivity contribution < 1.29 is 17.0 Å². The van der Waals surface area contributed by atoms with E-state index in [1.807, 2.05) is 0 Å². The van der Waals surface area contributed by atoms with Crippen molar-refractivity contribution in [2.45, 2.75) is 46.8 Å². The van der Waals surface area contributed by atoms with E-state index in [0.29, 0.717) is 17.8 Å². The minimum absolute atomic E-state index is 0.483. The van der Waals surface area contributed by atoms with Gasteiger partial charge in [0.05, 0.1) is 0 Å². The van der Waals surface area contributed by atoms with Gasteiger partial charge in [-0.15, -0.1) is 0 Å². The molecule has 0 aliphatic heterocycles. The summed E-state index contributed by atoms with van der Waals surface area (Å²) in [6, 6.07) is 28.9. The van der Waals surface area contributed by atoms with Crippen LogP contribution in [-0.4, -0.2) is 5.92 Å². The number of rotatable bonds is 9. The molecule has 3 aromatic rings. The van der Waals surface area contributed by atoms with E-state index in [0.717, 1.165) is 17.0 Å². The van der Waals surface area contributed by atoms with Gasteiger partial charge in [-0.2, -0.15) is 0 Å². The first-order chi connectivity index (χ1) is 17.6. The van der Waals surface area contributed by atoms with Gasteiger partial charge < -0.3 is 0 Å². The van der Waals surface area contributed by atoms with Crippen LogP contribution in [0.4, 0.5) is 0 Å². The Hall–Kier alpha value is -1.44. The average molecular weight is 607 g/mol. The van der Waals surface area contributed by atoms with Gasteiger partial charge in [-0.1, -0.05) is 0 Å². The zero-order chi connectivity index (χ0) is 24.5. The molecule has 0 fully saturated rings. The first-order valence-corrected chi connectivity index (χ1v) is 27.8. The van der Waals surface area contributed by atoms with Crippen LogP contribution < -0.4 is 0 Å². The molecule has 0 saturated heterocycles. The Kier molecular flexibility index (Phi) is 7.42. The van der Waals surface area contributed by atoms with Crippen molar-refractivity contribution in [2.24, 2.45) is 0 Å². The molecule has 0 aromatic heterocycles. The Morgan fingerprint density at radius 3 is 1.50 bits per heavy atom. The third kappa shape index (κ3) is 5.12. The van der Waals surface area contributed by atoms with Gasteiger partial charge in [-0.05, 0) is 0 Å². The molecule has 4 heteroatoms. The predicted molar refractivity (Wildman–Crippen MR) is 157 cm³/mol. The van der Waals surface area contributed by atoms with Crippen LogP contribution in [0.2, 0.25) is 16.2 Å². The van der Waals surface area contributed by atoms with Gasteiger partial charge >= 0.3 is 229 Å². The molecule has 36 heavy (non-hydrogen) atoms. The molecular formula is C32H32Cl2SiZr. The van der Waals surface area contributed by atoms with E-state index in [4.69, 9.17) is 17.0 Å². The normalized spacial score (nSPS) is 22.0. The van der Waals surface area contributed by atoms with Gasteiger partial charge in [0, 0.05) is 0 Å². The van der Waals surface area contributed by atoms with E-state index in [1.54, 1.807) is 0 Å². The number of benzene rings is 3. The molecule has 3 unspecified atom stereocenters. The van der Waals surface area contributed by atoms with E-state index in [9.17, 15) is 0 Å². The molecule has 6 rings (SSSR count). The van der Waals surface area contributed by atoms with E-state index >= 15 is 0 Å². The summed E-state index contributed by atoms with van der Waals surface area (Å²) in [5, 5.41) is 0. The van der Waals surface area contributed by atoms with Crippen LogP contribution in [0, 0.1) is 0 Å². The monoisotopic (exact) mass is 604 g/mol. The van der Waals surface area contributed by atoms with Crippen molar-refractivity contribution in [1.29, 1.82) is 0 Å². The molecule has 0 radical (unpaired) electrons. The number of halogens is 2. The minimum atomic E-state index is -3.28. The second-order valence-corrected chi connectivity index (χ2v) is 43.2. The van der Waals surface area contributed by atoms with Gasteiger partial charge in [0.25, 0.3) is 0 Å². The molecule has 3 atom stereocenters. The van der Waals surface area contributed by atoms with Crippen LogP contribution >= 0.6 is 17.0 Å². The van der Waals surface area contributed by atoms with Gasteiger partial charge in [-0.25, -0.2) is 0 Å². The topological polar surface area (TPSA) is 0 Å². The standard InChI is InChI=1S/C20H19Si.C12H13.2ClH.Zr/c1-3-7-19-15(5-1)9-11-17(19)13-21-14-18-12-10-16-6-2-4-8-20(16)18;1-2-5-10-8-9-11-6-3-4-7-12(10)11;;;/h1-12,17-18,21H,13-14H2;3-4,6-10H,1-2,5H2;2*1H;/q;;;;+2/p-2. The number of fused-ring (bicyclic) bond motifs is 3. The molecule has 0 nitrogen and oxygen atoms in total. The number of hydrogen-bond donors (Lipinski definition) is 0. The molecule has 0 heterocycles. The summed E-state index contributed by atoms with van der Waals surface area (Å²) in [5.41, 5.74) is 8.54. The molecule has 0 saturated carbocycles. The van der Waals surface area contributed by atoms with Crippen molar-refractivity contribution in [3.63, 3.8) is 0 Å². The van der Waals surface area contributed by atoms with Crippen molar-refractivity contribution in [3.05, 3.63) is 124 Å². The Morgan fingerprint density at radius 1 is 0.583 bits per heavy atom. The van der Waals surface area contributed by atoms with Crippen molar-refractivity contribution >= 4 is 41.2 Å². The quantitative estimate of drug-likeness (QED) is 0.213. The maximum absolute atomic E-state index is 7.57. The first-order valence-electron chi connectivity index (χ1n) is 13.3. The summed E-state index contributed by atoms with van der Waals surface area (Å²) in [6.45, 7) is 0. The molecule has 0 amide bonds. The van der Waals surface area contributed by atoms with E-state index < -0.39 is 23.0 Å². The van der Waals surface area contributed by atoms with E-state index in [2.05, 4.69) is 109 Å². The Labute approximate surface area is 227 Å². The second kappa shape index (κ2) is 10.7. The van der Waals surface area contributed by atoms with Crippen LogP contribution in [0.5, 0.6) is 0 Å². The van der Waals surface area contributed by atoms with Crippen LogP contribution in [0.15, 0.2) is 91.0 Å². The predicted octanol–water partition coefficient (Wildman–Crippen LogP) is 9.80. The van der Waals surface area contributed by atoms with E-state index in [-0.39, 0.29) is 0 Å². The maximum atomic E-state index is 7.57. The third-order valence-electron chi connectivity index (χ3n) is 8.41. The summed E-state index contributed by atoms with van der Waals surface area (Å²) in [4.78, 5) is 0. The molecule has 182 valence electrons. The third-order valence-corrected chi connectivity index (χ3v) is 41.4. The molecule has 3 aromatic carbocycles. The van der Waals surface area contributed by atoms with Crippen LogP contribution in [0.3, 0.4) is 0 Å². The summed E-state index contributed by atoms with van der Waals surface area (Å²) in [7, 11) is 15.1. The zero-order valence-corrected chi connectivity index (χ0v) is 25.6. The van der Waals surface area contributed by atoms with Crippen molar-refractivity contribution in [1.82, 2.24) is 0 Å². The number of allylic oxidation sites excluding steroid dienone is 3. The molecule has 3 aliphatic carbocycles. The van der Waals surface area contributed by atoms with E-state index in [1.165, 1.54) is 45.5 Å². The van der Waals surface area contributed by atoms with Gasteiger partial charge in [0.1, 0.15) is 0 Å². The van der Waals surface area contributed by atoms with Gasteiger partial charge in [0.15, 0.2) is 0 Å². The van der Waals surface area contributed by atoms with Crippen molar-refractivity contribution in [3.8, 4) is 0 Å². The fourth-order valence-corrected chi connectivity index (χ4v) is 32.4. The fraction of sp³-hybridized carbons (Fsp3) is 0.250. The van der Waals surface area contributed by atoms with Crippen LogP contribution in [0.25, 0.3) is 18.2 Å². The molecular weight excluding hydrogens is 575 g/mol. The summed E-state index contributed by atoms with van der Waals surface area (Å²) in [5.74, 6) is 0.106. The first kappa shape index (κ1) is 24.9. The molecule has 0 bridgehead atoms. The summed E-state index contributed by atoms with van der Waals surface area (Å²) < 4.78 is 1.08. The summed E-state index contributed by atoms with van der Waals surface area (Å²) >= 11 is -3.28.